The molecule has 0 radical (unpaired) electrons. The van der Waals surface area contributed by atoms with Crippen LogP contribution in [0.2, 0.25) is 0 Å². The van der Waals surface area contributed by atoms with Crippen molar-refractivity contribution in [3.05, 3.63) is 42.2 Å². The van der Waals surface area contributed by atoms with Gasteiger partial charge in [0.05, 0.1) is 30.6 Å². The van der Waals surface area contributed by atoms with Gasteiger partial charge >= 0.3 is 5.97 Å². The van der Waals surface area contributed by atoms with Gasteiger partial charge in [-0.15, -0.1) is 0 Å². The van der Waals surface area contributed by atoms with Crippen LogP contribution in [0, 0.1) is 0 Å². The fourth-order valence-electron chi connectivity index (χ4n) is 3.70. The van der Waals surface area contributed by atoms with Gasteiger partial charge in [0.25, 0.3) is 0 Å². The summed E-state index contributed by atoms with van der Waals surface area (Å²) in [7, 11) is -1.80. The number of pyridine rings is 1. The summed E-state index contributed by atoms with van der Waals surface area (Å²) >= 11 is 1.40. The highest BCUT2D eigenvalue weighted by Crippen LogP contribution is 2.36. The number of aromatic amines is 1. The van der Waals surface area contributed by atoms with Gasteiger partial charge in [-0.1, -0.05) is 18.7 Å². The minimum Gasteiger partial charge on any atom is -0.486 e. The van der Waals surface area contributed by atoms with Crippen molar-refractivity contribution in [1.82, 2.24) is 9.97 Å². The van der Waals surface area contributed by atoms with Crippen LogP contribution in [0.15, 0.2) is 46.5 Å². The number of hydrogen-bond acceptors (Lipinski definition) is 10. The van der Waals surface area contributed by atoms with Gasteiger partial charge in [0.15, 0.2) is 20.3 Å². The Morgan fingerprint density at radius 2 is 2.05 bits per heavy atom. The van der Waals surface area contributed by atoms with E-state index in [2.05, 4.69) is 15.0 Å². The molecule has 198 valence electrons. The molecule has 3 aromatic rings. The quantitative estimate of drug-likeness (QED) is 0.349. The zero-order valence-electron chi connectivity index (χ0n) is 21.0. The molecular formula is C25H29N3O7S2. The van der Waals surface area contributed by atoms with Crippen molar-refractivity contribution in [3.8, 4) is 17.2 Å². The van der Waals surface area contributed by atoms with Crippen molar-refractivity contribution >= 4 is 43.5 Å². The number of nitrogens with zero attached hydrogens (tertiary/aromatic N) is 2. The van der Waals surface area contributed by atoms with E-state index in [9.17, 15) is 13.2 Å². The number of esters is 1. The number of fused-ring (bicyclic) bond motifs is 1. The highest BCUT2D eigenvalue weighted by molar-refractivity contribution is 8.15. The summed E-state index contributed by atoms with van der Waals surface area (Å²) in [6.07, 6.45) is 3.35. The first kappa shape index (κ1) is 27.0. The molecule has 2 atom stereocenters. The lowest BCUT2D eigenvalue weighted by atomic mass is 10.2. The van der Waals surface area contributed by atoms with Crippen molar-refractivity contribution in [1.29, 1.82) is 0 Å². The Labute approximate surface area is 219 Å². The predicted molar refractivity (Wildman–Crippen MR) is 141 cm³/mol. The van der Waals surface area contributed by atoms with Crippen LogP contribution >= 0.6 is 11.8 Å². The molecule has 2 unspecified atom stereocenters. The van der Waals surface area contributed by atoms with Crippen molar-refractivity contribution in [3.63, 3.8) is 0 Å². The zero-order valence-corrected chi connectivity index (χ0v) is 22.6. The number of aliphatic imine (C=N–C) groups is 1. The molecule has 1 aliphatic rings. The number of sulfone groups is 1. The summed E-state index contributed by atoms with van der Waals surface area (Å²) in [6.45, 7) is 4.61. The van der Waals surface area contributed by atoms with Crippen molar-refractivity contribution in [2.75, 3.05) is 26.5 Å². The molecule has 0 bridgehead atoms. The molecule has 2 aromatic heterocycles. The topological polar surface area (TPSA) is 129 Å². The summed E-state index contributed by atoms with van der Waals surface area (Å²) in [4.78, 5) is 23.8. The largest absolute Gasteiger partial charge is 0.486 e. The Balaban J connectivity index is 1.61. The lowest BCUT2D eigenvalue weighted by Gasteiger charge is -2.16. The van der Waals surface area contributed by atoms with E-state index in [-0.39, 0.29) is 22.5 Å². The number of rotatable bonds is 11. The average molecular weight is 548 g/mol. The first-order chi connectivity index (χ1) is 17.7. The van der Waals surface area contributed by atoms with Crippen LogP contribution in [0.4, 0.5) is 0 Å². The van der Waals surface area contributed by atoms with Gasteiger partial charge < -0.3 is 23.9 Å². The highest BCUT2D eigenvalue weighted by Gasteiger charge is 2.26. The van der Waals surface area contributed by atoms with Gasteiger partial charge in [0, 0.05) is 31.2 Å². The monoisotopic (exact) mass is 547 g/mol. The number of H-pyrrole nitrogens is 1. The SMILES string of the molecule is CCCC(=O)OC1CN=C(c2cc3cc(Oc4ccc(S(C)(=O)=O)nc4)cc(OC(C)COC)c3[nH]2)S1. The van der Waals surface area contributed by atoms with Gasteiger partial charge in [-0.2, -0.15) is 0 Å². The van der Waals surface area contributed by atoms with Crippen molar-refractivity contribution in [2.24, 2.45) is 4.99 Å². The number of carbonyl (C=O) groups is 1. The minimum atomic E-state index is -3.41. The van der Waals surface area contributed by atoms with Crippen LogP contribution in [0.1, 0.15) is 32.4 Å². The fraction of sp³-hybridized carbons (Fsp3) is 0.400. The third-order valence-corrected chi connectivity index (χ3v) is 7.38. The number of benzene rings is 1. The van der Waals surface area contributed by atoms with Gasteiger partial charge in [0.1, 0.15) is 28.4 Å². The van der Waals surface area contributed by atoms with E-state index in [1.165, 1.54) is 24.0 Å². The molecule has 1 aliphatic heterocycles. The van der Waals surface area contributed by atoms with E-state index in [0.717, 1.165) is 34.3 Å². The number of thioether (sulfide) groups is 1. The molecule has 1 N–H and O–H groups in total. The number of hydrogen-bond donors (Lipinski definition) is 1. The third-order valence-electron chi connectivity index (χ3n) is 5.29. The van der Waals surface area contributed by atoms with Crippen LogP contribution in [0.5, 0.6) is 17.2 Å². The maximum Gasteiger partial charge on any atom is 0.306 e. The Morgan fingerprint density at radius 3 is 2.73 bits per heavy atom. The second-order valence-electron chi connectivity index (χ2n) is 8.59. The summed E-state index contributed by atoms with van der Waals surface area (Å²) in [5.41, 5.74) is 1.18. The van der Waals surface area contributed by atoms with Crippen LogP contribution in [0.3, 0.4) is 0 Å². The molecule has 10 nitrogen and oxygen atoms in total. The number of nitrogens with one attached hydrogen (secondary N) is 1. The van der Waals surface area contributed by atoms with E-state index in [4.69, 9.17) is 18.9 Å². The summed E-state index contributed by atoms with van der Waals surface area (Å²) in [6, 6.07) is 8.47. The lowest BCUT2D eigenvalue weighted by Crippen LogP contribution is -2.18. The van der Waals surface area contributed by atoms with Crippen LogP contribution in [0.25, 0.3) is 10.9 Å². The predicted octanol–water partition coefficient (Wildman–Crippen LogP) is 4.34. The highest BCUT2D eigenvalue weighted by atomic mass is 32.2. The first-order valence-electron chi connectivity index (χ1n) is 11.7. The van der Waals surface area contributed by atoms with Gasteiger partial charge in [0.2, 0.25) is 0 Å². The Kier molecular flexibility index (Phi) is 8.40. The molecule has 0 fully saturated rings. The second kappa shape index (κ2) is 11.5. The van der Waals surface area contributed by atoms with Crippen LogP contribution in [-0.2, 0) is 24.1 Å². The summed E-state index contributed by atoms with van der Waals surface area (Å²) < 4.78 is 46.2. The second-order valence-corrected chi connectivity index (χ2v) is 11.7. The molecule has 12 heteroatoms. The standard InChI is InChI=1S/C25H29N3O7S2/c1-5-6-22(29)35-23-13-27-25(36-23)19-10-16-9-18(11-20(24(16)28-19)33-15(2)14-32-3)34-17-7-8-21(26-12-17)37(4,30)31/h7-12,15,23,28H,5-6,13-14H2,1-4H3. The molecule has 37 heavy (non-hydrogen) atoms. The zero-order chi connectivity index (χ0) is 26.6. The lowest BCUT2D eigenvalue weighted by molar-refractivity contribution is -0.144. The molecule has 4 rings (SSSR count). The van der Waals surface area contributed by atoms with E-state index < -0.39 is 9.84 Å². The van der Waals surface area contributed by atoms with E-state index >= 15 is 0 Å². The third kappa shape index (κ3) is 6.82. The van der Waals surface area contributed by atoms with E-state index in [1.807, 2.05) is 26.0 Å². The number of ether oxygens (including phenoxy) is 4. The average Bonchev–Trinajstić information content (AvgIpc) is 3.46. The van der Waals surface area contributed by atoms with Gasteiger partial charge in [-0.3, -0.25) is 9.79 Å². The van der Waals surface area contributed by atoms with Crippen LogP contribution < -0.4 is 9.47 Å². The first-order valence-corrected chi connectivity index (χ1v) is 14.5. The maximum atomic E-state index is 11.9. The minimum absolute atomic E-state index is 0.0310. The smallest absolute Gasteiger partial charge is 0.306 e. The number of methoxy groups -OCH3 is 1. The number of aromatic nitrogens is 2. The van der Waals surface area contributed by atoms with E-state index in [0.29, 0.717) is 36.8 Å². The molecule has 0 saturated heterocycles. The van der Waals surface area contributed by atoms with Gasteiger partial charge in [-0.25, -0.2) is 13.4 Å². The fourth-order valence-corrected chi connectivity index (χ4v) is 5.19. The molecule has 0 saturated carbocycles. The van der Waals surface area contributed by atoms with Gasteiger partial charge in [-0.05, 0) is 37.6 Å². The van der Waals surface area contributed by atoms with E-state index in [1.54, 1.807) is 19.2 Å². The normalized spacial score (nSPS) is 16.4. The van der Waals surface area contributed by atoms with Crippen molar-refractivity contribution in [2.45, 2.75) is 43.3 Å². The van der Waals surface area contributed by atoms with Crippen molar-refractivity contribution < 1.29 is 32.2 Å². The van der Waals surface area contributed by atoms with Crippen LogP contribution in [-0.4, -0.2) is 67.5 Å². The molecular weight excluding hydrogens is 518 g/mol. The molecule has 0 spiro atoms. The maximum absolute atomic E-state index is 11.9. The summed E-state index contributed by atoms with van der Waals surface area (Å²) in [5, 5.41) is 1.53. The Bertz CT molecular complexity index is 1400. The Morgan fingerprint density at radius 1 is 1.24 bits per heavy atom. The molecule has 0 amide bonds. The molecule has 1 aromatic carbocycles. The molecule has 3 heterocycles. The molecule has 0 aliphatic carbocycles. The summed E-state index contributed by atoms with van der Waals surface area (Å²) in [5.74, 6) is 1.19. The number of carbonyl (C=O) groups excluding carboxylic acids is 1. The Hall–Kier alpha value is -3.09.